The monoisotopic (exact) mass is 381 g/mol. The minimum absolute atomic E-state index is 0.0328. The van der Waals surface area contributed by atoms with E-state index in [9.17, 15) is 9.50 Å². The number of hydrogen-bond acceptors (Lipinski definition) is 4. The van der Waals surface area contributed by atoms with Gasteiger partial charge >= 0.3 is 0 Å². The van der Waals surface area contributed by atoms with E-state index in [0.29, 0.717) is 29.0 Å². The third kappa shape index (κ3) is 2.94. The Kier molecular flexibility index (Phi) is 4.38. The summed E-state index contributed by atoms with van der Waals surface area (Å²) in [6.07, 6.45) is 1.86. The molecule has 0 radical (unpaired) electrons. The molecule has 0 aliphatic carbocycles. The summed E-state index contributed by atoms with van der Waals surface area (Å²) in [6.45, 7) is 7.39. The number of halogens is 3. The Hall–Kier alpha value is -1.56. The van der Waals surface area contributed by atoms with E-state index < -0.39 is 16.8 Å². The molecular formula is C18H18Cl2FN3O. The fourth-order valence-electron chi connectivity index (χ4n) is 3.21. The molecule has 0 fully saturated rings. The van der Waals surface area contributed by atoms with Crippen molar-refractivity contribution in [2.24, 2.45) is 4.99 Å². The molecule has 2 aromatic rings. The highest BCUT2D eigenvalue weighted by molar-refractivity contribution is 6.33. The van der Waals surface area contributed by atoms with Crippen molar-refractivity contribution in [3.05, 3.63) is 40.0 Å². The summed E-state index contributed by atoms with van der Waals surface area (Å²) in [7, 11) is 0. The molecule has 1 aliphatic heterocycles. The highest BCUT2D eigenvalue weighted by Gasteiger charge is 2.44. The standard InChI is InChI=1S/C18H18Cl2FN3O/c1-5-18(4,25)15-17(2,3)10-6-9(7-12(21)14(10)23-15)13-11(19)8-22-16(20)24-13/h6-8,25H,5H2,1-4H3/t18-/m1/s1. The van der Waals surface area contributed by atoms with Gasteiger partial charge in [0.2, 0.25) is 5.28 Å². The third-order valence-corrected chi connectivity index (χ3v) is 5.20. The first-order valence-corrected chi connectivity index (χ1v) is 8.68. The van der Waals surface area contributed by atoms with E-state index >= 15 is 0 Å². The van der Waals surface area contributed by atoms with Gasteiger partial charge in [0.1, 0.15) is 17.1 Å². The zero-order valence-corrected chi connectivity index (χ0v) is 15.9. The lowest BCUT2D eigenvalue weighted by molar-refractivity contribution is 0.122. The van der Waals surface area contributed by atoms with Crippen molar-refractivity contribution in [1.29, 1.82) is 0 Å². The molecule has 1 aromatic carbocycles. The number of benzene rings is 1. The van der Waals surface area contributed by atoms with Crippen molar-refractivity contribution in [2.45, 2.75) is 45.1 Å². The predicted molar refractivity (Wildman–Crippen MR) is 98.5 cm³/mol. The lowest BCUT2D eigenvalue weighted by atomic mass is 9.74. The van der Waals surface area contributed by atoms with Gasteiger partial charge in [0.05, 0.1) is 22.6 Å². The molecule has 0 spiro atoms. The second kappa shape index (κ2) is 6.01. The number of aliphatic imine (C=N–C) groups is 1. The molecule has 132 valence electrons. The van der Waals surface area contributed by atoms with Crippen LogP contribution in [0.25, 0.3) is 11.3 Å². The Morgan fingerprint density at radius 1 is 1.28 bits per heavy atom. The van der Waals surface area contributed by atoms with Crippen LogP contribution < -0.4 is 0 Å². The van der Waals surface area contributed by atoms with E-state index in [-0.39, 0.29) is 16.0 Å². The van der Waals surface area contributed by atoms with E-state index in [4.69, 9.17) is 23.2 Å². The van der Waals surface area contributed by atoms with Gasteiger partial charge in [-0.1, -0.05) is 32.4 Å². The molecular weight excluding hydrogens is 364 g/mol. The number of rotatable bonds is 3. The Morgan fingerprint density at radius 3 is 2.60 bits per heavy atom. The molecule has 7 heteroatoms. The molecule has 0 amide bonds. The van der Waals surface area contributed by atoms with Gasteiger partial charge in [-0.3, -0.25) is 4.99 Å². The fourth-order valence-corrected chi connectivity index (χ4v) is 3.55. The van der Waals surface area contributed by atoms with E-state index in [1.165, 1.54) is 12.3 Å². The SMILES string of the molecule is CC[C@@](C)(O)C1=Nc2c(F)cc(-c3nc(Cl)ncc3Cl)cc2C1(C)C. The Labute approximate surface area is 155 Å². The highest BCUT2D eigenvalue weighted by atomic mass is 35.5. The van der Waals surface area contributed by atoms with Crippen LogP contribution >= 0.6 is 23.2 Å². The van der Waals surface area contributed by atoms with Crippen molar-refractivity contribution >= 4 is 34.6 Å². The fraction of sp³-hybridized carbons (Fsp3) is 0.389. The quantitative estimate of drug-likeness (QED) is 0.750. The second-order valence-electron chi connectivity index (χ2n) is 6.90. The van der Waals surface area contributed by atoms with E-state index in [1.807, 2.05) is 20.8 Å². The molecule has 0 saturated heterocycles. The van der Waals surface area contributed by atoms with Gasteiger partial charge in [-0.15, -0.1) is 0 Å². The first-order valence-electron chi connectivity index (χ1n) is 7.92. The minimum Gasteiger partial charge on any atom is -0.384 e. The lowest BCUT2D eigenvalue weighted by Crippen LogP contribution is -2.44. The van der Waals surface area contributed by atoms with Crippen LogP contribution in [0.15, 0.2) is 23.3 Å². The molecule has 0 unspecified atom stereocenters. The summed E-state index contributed by atoms with van der Waals surface area (Å²) in [6, 6.07) is 3.12. The summed E-state index contributed by atoms with van der Waals surface area (Å²) < 4.78 is 14.8. The van der Waals surface area contributed by atoms with Crippen LogP contribution in [0.4, 0.5) is 10.1 Å². The van der Waals surface area contributed by atoms with Gasteiger partial charge in [-0.05, 0) is 42.6 Å². The van der Waals surface area contributed by atoms with Crippen LogP contribution in [-0.2, 0) is 5.41 Å². The van der Waals surface area contributed by atoms with Gasteiger partial charge in [-0.2, -0.15) is 0 Å². The van der Waals surface area contributed by atoms with Crippen molar-refractivity contribution in [2.75, 3.05) is 0 Å². The Morgan fingerprint density at radius 2 is 1.96 bits per heavy atom. The van der Waals surface area contributed by atoms with Crippen LogP contribution in [0.5, 0.6) is 0 Å². The second-order valence-corrected chi connectivity index (χ2v) is 7.65. The first-order chi connectivity index (χ1) is 11.6. The summed E-state index contributed by atoms with van der Waals surface area (Å²) in [4.78, 5) is 12.3. The average molecular weight is 382 g/mol. The first kappa shape index (κ1) is 18.2. The predicted octanol–water partition coefficient (Wildman–Crippen LogP) is 5.11. The largest absolute Gasteiger partial charge is 0.384 e. The normalized spacial score (nSPS) is 17.8. The number of aliphatic hydroxyl groups is 1. The lowest BCUT2D eigenvalue weighted by Gasteiger charge is -2.32. The van der Waals surface area contributed by atoms with Crippen LogP contribution in [0.1, 0.15) is 39.7 Å². The van der Waals surface area contributed by atoms with Crippen molar-refractivity contribution in [3.8, 4) is 11.3 Å². The molecule has 0 bridgehead atoms. The summed E-state index contributed by atoms with van der Waals surface area (Å²) in [5.74, 6) is -0.492. The van der Waals surface area contributed by atoms with E-state index in [0.717, 1.165) is 0 Å². The third-order valence-electron chi connectivity index (χ3n) is 4.74. The van der Waals surface area contributed by atoms with Crippen LogP contribution in [0.2, 0.25) is 10.3 Å². The van der Waals surface area contributed by atoms with Crippen LogP contribution in [0, 0.1) is 5.82 Å². The maximum absolute atomic E-state index is 14.8. The molecule has 25 heavy (non-hydrogen) atoms. The maximum Gasteiger partial charge on any atom is 0.222 e. The van der Waals surface area contributed by atoms with Crippen LogP contribution in [-0.4, -0.2) is 26.4 Å². The van der Waals surface area contributed by atoms with Gasteiger partial charge in [0.25, 0.3) is 0 Å². The Bertz CT molecular complexity index is 894. The van der Waals surface area contributed by atoms with Crippen molar-refractivity contribution in [3.63, 3.8) is 0 Å². The zero-order chi connectivity index (χ0) is 18.6. The summed E-state index contributed by atoms with van der Waals surface area (Å²) in [5.41, 5.74) is 0.562. The highest BCUT2D eigenvalue weighted by Crippen LogP contribution is 2.46. The Balaban J connectivity index is 2.20. The van der Waals surface area contributed by atoms with Crippen LogP contribution in [0.3, 0.4) is 0 Å². The summed E-state index contributed by atoms with van der Waals surface area (Å²) >= 11 is 12.0. The smallest absolute Gasteiger partial charge is 0.222 e. The number of hydrogen-bond donors (Lipinski definition) is 1. The number of nitrogens with zero attached hydrogens (tertiary/aromatic N) is 3. The van der Waals surface area contributed by atoms with Crippen molar-refractivity contribution < 1.29 is 9.50 Å². The van der Waals surface area contributed by atoms with E-state index in [1.54, 1.807) is 13.0 Å². The molecule has 2 heterocycles. The minimum atomic E-state index is -1.12. The molecule has 1 aromatic heterocycles. The van der Waals surface area contributed by atoms with Gasteiger partial charge < -0.3 is 5.11 Å². The van der Waals surface area contributed by atoms with E-state index in [2.05, 4.69) is 15.0 Å². The van der Waals surface area contributed by atoms with Gasteiger partial charge in [-0.25, -0.2) is 14.4 Å². The molecule has 4 nitrogen and oxygen atoms in total. The topological polar surface area (TPSA) is 58.4 Å². The maximum atomic E-state index is 14.8. The number of aromatic nitrogens is 2. The molecule has 0 saturated carbocycles. The average Bonchev–Trinajstić information content (AvgIpc) is 2.82. The number of fused-ring (bicyclic) bond motifs is 1. The van der Waals surface area contributed by atoms with Gasteiger partial charge in [0, 0.05) is 11.0 Å². The zero-order valence-electron chi connectivity index (χ0n) is 14.4. The molecule has 1 N–H and O–H groups in total. The van der Waals surface area contributed by atoms with Crippen molar-refractivity contribution in [1.82, 2.24) is 9.97 Å². The van der Waals surface area contributed by atoms with Gasteiger partial charge in [0.15, 0.2) is 0 Å². The molecule has 1 atom stereocenters. The molecule has 3 rings (SSSR count). The summed E-state index contributed by atoms with van der Waals surface area (Å²) in [5, 5.41) is 11.0. The molecule has 1 aliphatic rings.